The van der Waals surface area contributed by atoms with Crippen molar-refractivity contribution >= 4 is 12.1 Å². The minimum Gasteiger partial charge on any atom is -0.494 e. The average Bonchev–Trinajstić information content (AvgIpc) is 2.75. The van der Waals surface area contributed by atoms with Crippen molar-refractivity contribution in [3.8, 4) is 5.75 Å². The molecule has 0 atom stereocenters. The maximum atomic E-state index is 12.9. The van der Waals surface area contributed by atoms with Crippen LogP contribution in [0.5, 0.6) is 5.75 Å². The summed E-state index contributed by atoms with van der Waals surface area (Å²) in [7, 11) is 0. The first-order chi connectivity index (χ1) is 13.6. The highest BCUT2D eigenvalue weighted by Crippen LogP contribution is 2.29. The van der Waals surface area contributed by atoms with Crippen molar-refractivity contribution in [3.63, 3.8) is 0 Å². The second-order valence-electron chi connectivity index (χ2n) is 6.14. The van der Waals surface area contributed by atoms with Gasteiger partial charge >= 0.3 is 0 Å². The Bertz CT molecular complexity index is 884. The zero-order valence-corrected chi connectivity index (χ0v) is 15.6. The standard InChI is InChI=1S/C23H22N2O3/c1-2-28-21-15-13-18(14-16-21)17-24-25-22(26)23(27,19-9-5-3-6-10-19)20-11-7-4-8-12-20/h3-17,27H,2H2,1H3,(H,25,26)/b24-17+. The van der Waals surface area contributed by atoms with E-state index in [1.807, 2.05) is 43.3 Å². The van der Waals surface area contributed by atoms with E-state index >= 15 is 0 Å². The van der Waals surface area contributed by atoms with Gasteiger partial charge in [0.25, 0.3) is 5.91 Å². The number of hydrazone groups is 1. The van der Waals surface area contributed by atoms with Gasteiger partial charge in [0.05, 0.1) is 12.8 Å². The van der Waals surface area contributed by atoms with Gasteiger partial charge in [-0.1, -0.05) is 60.7 Å². The number of carbonyl (C=O) groups excluding carboxylic acids is 1. The maximum absolute atomic E-state index is 12.9. The van der Waals surface area contributed by atoms with E-state index in [9.17, 15) is 9.90 Å². The fourth-order valence-electron chi connectivity index (χ4n) is 2.85. The summed E-state index contributed by atoms with van der Waals surface area (Å²) in [4.78, 5) is 12.9. The van der Waals surface area contributed by atoms with Crippen LogP contribution in [0.2, 0.25) is 0 Å². The first-order valence-electron chi connectivity index (χ1n) is 9.04. The van der Waals surface area contributed by atoms with E-state index in [1.165, 1.54) is 6.21 Å². The number of ether oxygens (including phenoxy) is 1. The van der Waals surface area contributed by atoms with Gasteiger partial charge in [0.15, 0.2) is 5.60 Å². The zero-order valence-electron chi connectivity index (χ0n) is 15.6. The third kappa shape index (κ3) is 4.27. The van der Waals surface area contributed by atoms with Crippen LogP contribution in [0.15, 0.2) is 90.0 Å². The first-order valence-corrected chi connectivity index (χ1v) is 9.04. The molecule has 0 bridgehead atoms. The molecule has 5 heteroatoms. The maximum Gasteiger partial charge on any atom is 0.281 e. The average molecular weight is 374 g/mol. The van der Waals surface area contributed by atoms with Gasteiger partial charge in [-0.2, -0.15) is 5.10 Å². The Morgan fingerprint density at radius 3 is 2.00 bits per heavy atom. The number of hydrogen-bond acceptors (Lipinski definition) is 4. The molecule has 0 heterocycles. The number of nitrogens with zero attached hydrogens (tertiary/aromatic N) is 1. The van der Waals surface area contributed by atoms with Crippen molar-refractivity contribution in [3.05, 3.63) is 102 Å². The molecular formula is C23H22N2O3. The molecule has 0 aliphatic carbocycles. The van der Waals surface area contributed by atoms with E-state index in [0.717, 1.165) is 11.3 Å². The van der Waals surface area contributed by atoms with Crippen molar-refractivity contribution in [2.24, 2.45) is 5.10 Å². The minimum atomic E-state index is -1.85. The molecule has 1 amide bonds. The number of carbonyl (C=O) groups is 1. The van der Waals surface area contributed by atoms with Gasteiger partial charge in [0.2, 0.25) is 0 Å². The smallest absolute Gasteiger partial charge is 0.281 e. The highest BCUT2D eigenvalue weighted by Gasteiger charge is 2.39. The topological polar surface area (TPSA) is 70.9 Å². The molecule has 0 saturated carbocycles. The molecule has 0 fully saturated rings. The monoisotopic (exact) mass is 374 g/mol. The van der Waals surface area contributed by atoms with Crippen LogP contribution in [0.3, 0.4) is 0 Å². The summed E-state index contributed by atoms with van der Waals surface area (Å²) in [5.41, 5.74) is 2.34. The Morgan fingerprint density at radius 2 is 1.50 bits per heavy atom. The van der Waals surface area contributed by atoms with Crippen LogP contribution in [0, 0.1) is 0 Å². The number of amides is 1. The third-order valence-electron chi connectivity index (χ3n) is 4.28. The summed E-state index contributed by atoms with van der Waals surface area (Å²) < 4.78 is 5.40. The third-order valence-corrected chi connectivity index (χ3v) is 4.28. The summed E-state index contributed by atoms with van der Waals surface area (Å²) in [5.74, 6) is 0.137. The van der Waals surface area contributed by atoms with Crippen LogP contribution < -0.4 is 10.2 Å². The molecule has 0 spiro atoms. The van der Waals surface area contributed by atoms with Crippen molar-refractivity contribution in [1.29, 1.82) is 0 Å². The fourth-order valence-corrected chi connectivity index (χ4v) is 2.85. The van der Waals surface area contributed by atoms with Crippen LogP contribution in [0.4, 0.5) is 0 Å². The molecule has 0 radical (unpaired) electrons. The molecule has 28 heavy (non-hydrogen) atoms. The van der Waals surface area contributed by atoms with Crippen LogP contribution >= 0.6 is 0 Å². The van der Waals surface area contributed by atoms with Gasteiger partial charge in [0.1, 0.15) is 5.75 Å². The number of rotatable bonds is 7. The number of aliphatic hydroxyl groups is 1. The molecule has 0 aliphatic heterocycles. The second-order valence-corrected chi connectivity index (χ2v) is 6.14. The van der Waals surface area contributed by atoms with Gasteiger partial charge in [-0.05, 0) is 47.9 Å². The molecule has 0 aliphatic rings. The van der Waals surface area contributed by atoms with Crippen molar-refractivity contribution in [2.75, 3.05) is 6.61 Å². The Kier molecular flexibility index (Phi) is 6.19. The molecular weight excluding hydrogens is 352 g/mol. The predicted octanol–water partition coefficient (Wildman–Crippen LogP) is 3.47. The number of hydrogen-bond donors (Lipinski definition) is 2. The number of nitrogens with one attached hydrogen (secondary N) is 1. The van der Waals surface area contributed by atoms with Crippen LogP contribution in [-0.2, 0) is 10.4 Å². The van der Waals surface area contributed by atoms with E-state index in [4.69, 9.17) is 4.74 Å². The summed E-state index contributed by atoms with van der Waals surface area (Å²) in [6.07, 6.45) is 1.52. The summed E-state index contributed by atoms with van der Waals surface area (Å²) in [5, 5.41) is 15.3. The highest BCUT2D eigenvalue weighted by molar-refractivity contribution is 5.91. The van der Waals surface area contributed by atoms with Crippen LogP contribution in [0.25, 0.3) is 0 Å². The van der Waals surface area contributed by atoms with Gasteiger partial charge in [-0.25, -0.2) is 5.43 Å². The first kappa shape index (κ1) is 19.3. The van der Waals surface area contributed by atoms with E-state index in [-0.39, 0.29) is 0 Å². The Hall–Kier alpha value is -3.44. The minimum absolute atomic E-state index is 0.468. The quantitative estimate of drug-likeness (QED) is 0.491. The van der Waals surface area contributed by atoms with Crippen molar-refractivity contribution in [2.45, 2.75) is 12.5 Å². The zero-order chi connectivity index (χ0) is 19.8. The van der Waals surface area contributed by atoms with Crippen molar-refractivity contribution < 1.29 is 14.6 Å². The van der Waals surface area contributed by atoms with Gasteiger partial charge in [-0.15, -0.1) is 0 Å². The van der Waals surface area contributed by atoms with E-state index < -0.39 is 11.5 Å². The van der Waals surface area contributed by atoms with Gasteiger partial charge in [-0.3, -0.25) is 4.79 Å². The molecule has 5 nitrogen and oxygen atoms in total. The van der Waals surface area contributed by atoms with Crippen LogP contribution in [-0.4, -0.2) is 23.8 Å². The SMILES string of the molecule is CCOc1ccc(/C=N/NC(=O)C(O)(c2ccccc2)c2ccccc2)cc1. The van der Waals surface area contributed by atoms with E-state index in [0.29, 0.717) is 17.7 Å². The van der Waals surface area contributed by atoms with E-state index in [1.54, 1.807) is 48.5 Å². The van der Waals surface area contributed by atoms with E-state index in [2.05, 4.69) is 10.5 Å². The van der Waals surface area contributed by atoms with Crippen LogP contribution in [0.1, 0.15) is 23.6 Å². The summed E-state index contributed by atoms with van der Waals surface area (Å²) in [6, 6.07) is 24.9. The summed E-state index contributed by atoms with van der Waals surface area (Å²) >= 11 is 0. The molecule has 0 unspecified atom stereocenters. The molecule has 0 aromatic heterocycles. The molecule has 3 aromatic carbocycles. The molecule has 142 valence electrons. The Labute approximate surface area is 164 Å². The number of benzene rings is 3. The predicted molar refractivity (Wildman–Crippen MR) is 109 cm³/mol. The largest absolute Gasteiger partial charge is 0.494 e. The highest BCUT2D eigenvalue weighted by atomic mass is 16.5. The Balaban J connectivity index is 1.80. The molecule has 0 saturated heterocycles. The fraction of sp³-hybridized carbons (Fsp3) is 0.130. The van der Waals surface area contributed by atoms with Gasteiger partial charge < -0.3 is 9.84 Å². The molecule has 3 aromatic rings. The second kappa shape index (κ2) is 8.97. The normalized spacial score (nSPS) is 11.4. The lowest BCUT2D eigenvalue weighted by atomic mass is 9.85. The van der Waals surface area contributed by atoms with Gasteiger partial charge in [0, 0.05) is 0 Å². The Morgan fingerprint density at radius 1 is 0.964 bits per heavy atom. The molecule has 3 rings (SSSR count). The summed E-state index contributed by atoms with van der Waals surface area (Å²) in [6.45, 7) is 2.52. The lowest BCUT2D eigenvalue weighted by molar-refractivity contribution is -0.136. The van der Waals surface area contributed by atoms with Crippen molar-refractivity contribution in [1.82, 2.24) is 5.43 Å². The lowest BCUT2D eigenvalue weighted by Crippen LogP contribution is -2.43. The lowest BCUT2D eigenvalue weighted by Gasteiger charge is -2.27. The molecule has 2 N–H and O–H groups in total.